The molecule has 13 heteroatoms. The lowest BCUT2D eigenvalue weighted by Crippen LogP contribution is -2.69. The molecule has 1 aromatic carbocycles. The van der Waals surface area contributed by atoms with Crippen LogP contribution in [-0.4, -0.2) is 76.2 Å². The summed E-state index contributed by atoms with van der Waals surface area (Å²) in [6.07, 6.45) is -2.91. The van der Waals surface area contributed by atoms with Crippen LogP contribution in [-0.2, 0) is 50.0 Å². The van der Waals surface area contributed by atoms with Crippen LogP contribution in [0.25, 0.3) is 0 Å². The first-order valence-electron chi connectivity index (χ1n) is 13.6. The van der Waals surface area contributed by atoms with Crippen molar-refractivity contribution in [2.24, 2.45) is 11.8 Å². The Morgan fingerprint density at radius 1 is 1.10 bits per heavy atom. The predicted molar refractivity (Wildman–Crippen MR) is 138 cm³/mol. The maximum absolute atomic E-state index is 13.1. The zero-order chi connectivity index (χ0) is 30.6. The standard InChI is InChI=1S/C29H32O13/c1-13-6-8-28-23-15-4-5-17(38-3)24(23)42-25(28)18(7-9-29(28,37)16(13)10-15)40-22(33)12-20(39-14(2)30)27(36)41-19(26(34)35)11-21(31)32/h4-5,7,13,16,19-20,25,37H,6,8-12H2,1-3H3,(H,31,32)(H,34,35)/t13?,16-,19+,20-,25-,28-,29+/m0/s1. The molecule has 0 aromatic heterocycles. The van der Waals surface area contributed by atoms with E-state index in [9.17, 15) is 34.2 Å². The average molecular weight is 589 g/mol. The second kappa shape index (κ2) is 10.6. The fraction of sp³-hybridized carbons (Fsp3) is 0.552. The van der Waals surface area contributed by atoms with Crippen molar-refractivity contribution in [2.45, 2.75) is 81.7 Å². The molecule has 226 valence electrons. The highest BCUT2D eigenvalue weighted by Crippen LogP contribution is 2.68. The summed E-state index contributed by atoms with van der Waals surface area (Å²) in [7, 11) is 1.51. The van der Waals surface area contributed by atoms with Crippen molar-refractivity contribution < 1.29 is 63.0 Å². The number of hydrogen-bond donors (Lipinski definition) is 3. The first-order valence-corrected chi connectivity index (χ1v) is 13.6. The van der Waals surface area contributed by atoms with E-state index in [2.05, 4.69) is 6.92 Å². The molecule has 0 saturated heterocycles. The summed E-state index contributed by atoms with van der Waals surface area (Å²) < 4.78 is 27.3. The van der Waals surface area contributed by atoms with Gasteiger partial charge in [-0.1, -0.05) is 13.0 Å². The highest BCUT2D eigenvalue weighted by atomic mass is 16.6. The van der Waals surface area contributed by atoms with Crippen LogP contribution in [0.1, 0.15) is 57.1 Å². The number of methoxy groups -OCH3 is 1. The summed E-state index contributed by atoms with van der Waals surface area (Å²) in [6, 6.07) is 3.79. The van der Waals surface area contributed by atoms with Gasteiger partial charge in [-0.15, -0.1) is 0 Å². The second-order valence-electron chi connectivity index (χ2n) is 11.3. The van der Waals surface area contributed by atoms with Crippen LogP contribution in [0.5, 0.6) is 11.5 Å². The molecule has 2 bridgehead atoms. The molecule has 0 radical (unpaired) electrons. The fourth-order valence-corrected chi connectivity index (χ4v) is 7.22. The van der Waals surface area contributed by atoms with E-state index < -0.39 is 72.0 Å². The van der Waals surface area contributed by atoms with Gasteiger partial charge >= 0.3 is 29.8 Å². The molecule has 1 saturated carbocycles. The Balaban J connectivity index is 1.41. The van der Waals surface area contributed by atoms with Crippen LogP contribution >= 0.6 is 0 Å². The van der Waals surface area contributed by atoms with Crippen LogP contribution in [0.15, 0.2) is 24.0 Å². The van der Waals surface area contributed by atoms with Crippen molar-refractivity contribution in [2.75, 3.05) is 7.11 Å². The van der Waals surface area contributed by atoms with E-state index in [1.54, 1.807) is 6.08 Å². The van der Waals surface area contributed by atoms with E-state index in [1.165, 1.54) is 7.11 Å². The molecule has 1 heterocycles. The Morgan fingerprint density at radius 2 is 1.83 bits per heavy atom. The molecule has 1 fully saturated rings. The Labute approximate surface area is 240 Å². The fourth-order valence-electron chi connectivity index (χ4n) is 7.22. The summed E-state index contributed by atoms with van der Waals surface area (Å²) in [6.45, 7) is 3.09. The Hall–Kier alpha value is -4.13. The van der Waals surface area contributed by atoms with E-state index in [0.29, 0.717) is 24.3 Å². The topological polar surface area (TPSA) is 192 Å². The van der Waals surface area contributed by atoms with Gasteiger partial charge in [0.05, 0.1) is 31.0 Å². The minimum atomic E-state index is -2.07. The number of carbonyl (C=O) groups excluding carboxylic acids is 3. The van der Waals surface area contributed by atoms with Crippen LogP contribution in [0, 0.1) is 11.8 Å². The van der Waals surface area contributed by atoms with Gasteiger partial charge in [0.2, 0.25) is 12.2 Å². The maximum Gasteiger partial charge on any atom is 0.348 e. The van der Waals surface area contributed by atoms with Crippen molar-refractivity contribution in [3.8, 4) is 11.5 Å². The van der Waals surface area contributed by atoms with Crippen LogP contribution in [0.2, 0.25) is 0 Å². The first-order chi connectivity index (χ1) is 19.8. The Kier molecular flexibility index (Phi) is 7.42. The lowest BCUT2D eigenvalue weighted by Gasteiger charge is -2.61. The highest BCUT2D eigenvalue weighted by Gasteiger charge is 2.72. The van der Waals surface area contributed by atoms with Crippen molar-refractivity contribution in [1.82, 2.24) is 0 Å². The van der Waals surface area contributed by atoms with E-state index in [4.69, 9.17) is 28.8 Å². The van der Waals surface area contributed by atoms with Gasteiger partial charge < -0.3 is 39.0 Å². The molecule has 1 aromatic rings. The third-order valence-corrected chi connectivity index (χ3v) is 8.99. The zero-order valence-electron chi connectivity index (χ0n) is 23.3. The number of aliphatic hydroxyl groups is 1. The number of carboxylic acid groups (broad SMARTS) is 2. The number of aliphatic carboxylic acids is 2. The molecule has 1 aliphatic heterocycles. The maximum atomic E-state index is 13.1. The zero-order valence-corrected chi connectivity index (χ0v) is 23.3. The second-order valence-corrected chi connectivity index (χ2v) is 11.3. The van der Waals surface area contributed by atoms with Gasteiger partial charge in [0.1, 0.15) is 5.76 Å². The monoisotopic (exact) mass is 588 g/mol. The van der Waals surface area contributed by atoms with E-state index >= 15 is 0 Å². The largest absolute Gasteiger partial charge is 0.493 e. The number of benzene rings is 1. The van der Waals surface area contributed by atoms with Crippen LogP contribution in [0.4, 0.5) is 0 Å². The third kappa shape index (κ3) is 4.55. The molecule has 5 rings (SSSR count). The lowest BCUT2D eigenvalue weighted by atomic mass is 9.45. The number of hydrogen-bond acceptors (Lipinski definition) is 11. The molecule has 42 heavy (non-hydrogen) atoms. The molecule has 3 aliphatic carbocycles. The Morgan fingerprint density at radius 3 is 2.48 bits per heavy atom. The Bertz CT molecular complexity index is 1380. The van der Waals surface area contributed by atoms with E-state index in [-0.39, 0.29) is 24.0 Å². The third-order valence-electron chi connectivity index (χ3n) is 8.99. The lowest BCUT2D eigenvalue weighted by molar-refractivity contribution is -0.181. The van der Waals surface area contributed by atoms with Gasteiger partial charge in [-0.25, -0.2) is 9.59 Å². The molecule has 13 nitrogen and oxygen atoms in total. The van der Waals surface area contributed by atoms with Crippen molar-refractivity contribution >= 4 is 29.8 Å². The van der Waals surface area contributed by atoms with E-state index in [0.717, 1.165) is 24.5 Å². The van der Waals surface area contributed by atoms with E-state index in [1.807, 2.05) is 12.1 Å². The molecule has 4 aliphatic rings. The van der Waals surface area contributed by atoms with Crippen molar-refractivity contribution in [3.05, 3.63) is 35.1 Å². The number of rotatable bonds is 10. The van der Waals surface area contributed by atoms with Crippen LogP contribution < -0.4 is 9.47 Å². The number of ether oxygens (including phenoxy) is 5. The number of carboxylic acids is 2. The molecular formula is C29H32O13. The molecule has 0 amide bonds. The van der Waals surface area contributed by atoms with Gasteiger partial charge in [0.15, 0.2) is 17.6 Å². The quantitative estimate of drug-likeness (QED) is 0.264. The van der Waals surface area contributed by atoms with Crippen molar-refractivity contribution in [3.63, 3.8) is 0 Å². The minimum absolute atomic E-state index is 0.0613. The summed E-state index contributed by atoms with van der Waals surface area (Å²) in [5.74, 6) is -5.40. The highest BCUT2D eigenvalue weighted by molar-refractivity contribution is 5.87. The predicted octanol–water partition coefficient (Wildman–Crippen LogP) is 1.65. The normalized spacial score (nSPS) is 29.5. The number of carbonyl (C=O) groups is 5. The summed E-state index contributed by atoms with van der Waals surface area (Å²) in [4.78, 5) is 59.8. The van der Waals surface area contributed by atoms with Gasteiger partial charge in [-0.2, -0.15) is 0 Å². The van der Waals surface area contributed by atoms with Gasteiger partial charge in [0, 0.05) is 12.5 Å². The van der Waals surface area contributed by atoms with Crippen LogP contribution in [0.3, 0.4) is 0 Å². The van der Waals surface area contributed by atoms with Gasteiger partial charge in [0.25, 0.3) is 0 Å². The summed E-state index contributed by atoms with van der Waals surface area (Å²) >= 11 is 0. The molecule has 7 atom stereocenters. The SMILES string of the molecule is COc1ccc2c3c1O[C@H]1C(OC(=O)C[C@H](OC(C)=O)C(=O)O[C@H](CC(=O)O)C(=O)O)=CC[C@@]4(O)[C@@H](C2)C(C)CC[C@]314. The van der Waals surface area contributed by atoms with Crippen molar-refractivity contribution in [1.29, 1.82) is 0 Å². The minimum Gasteiger partial charge on any atom is -0.493 e. The molecule has 3 N–H and O–H groups in total. The molecule has 1 unspecified atom stereocenters. The molecular weight excluding hydrogens is 556 g/mol. The smallest absolute Gasteiger partial charge is 0.348 e. The summed E-state index contributed by atoms with van der Waals surface area (Å²) in [5.41, 5.74) is -0.199. The molecule has 1 spiro atoms. The number of esters is 3. The average Bonchev–Trinajstić information content (AvgIpc) is 3.27. The van der Waals surface area contributed by atoms with Gasteiger partial charge in [-0.3, -0.25) is 14.4 Å². The summed E-state index contributed by atoms with van der Waals surface area (Å²) in [5, 5.41) is 30.4. The first kappa shape index (κ1) is 29.4. The van der Waals surface area contributed by atoms with Gasteiger partial charge in [-0.05, 0) is 55.2 Å².